The van der Waals surface area contributed by atoms with E-state index in [1.165, 1.54) is 22.8 Å². The van der Waals surface area contributed by atoms with Crippen molar-refractivity contribution in [2.75, 3.05) is 31.1 Å². The van der Waals surface area contributed by atoms with E-state index in [0.717, 1.165) is 17.1 Å². The SMILES string of the molecule is CCOC(=O)C1CCN(c2ncnc3c2CN(S(=O)(=O)c2ccc(Cl)cc2)CC3)CC1. The zero-order valence-electron chi connectivity index (χ0n) is 17.3. The fourth-order valence-corrected chi connectivity index (χ4v) is 5.66. The molecule has 8 nitrogen and oxygen atoms in total. The number of carbonyl (C=O) groups excluding carboxylic acids is 1. The molecule has 0 spiro atoms. The Morgan fingerprint density at radius 2 is 1.87 bits per heavy atom. The number of piperidine rings is 1. The van der Waals surface area contributed by atoms with Crippen LogP contribution in [-0.2, 0) is 32.5 Å². The number of hydrogen-bond donors (Lipinski definition) is 0. The van der Waals surface area contributed by atoms with Crippen molar-refractivity contribution in [1.82, 2.24) is 14.3 Å². The van der Waals surface area contributed by atoms with Crippen LogP contribution in [-0.4, -0.2) is 54.9 Å². The first-order chi connectivity index (χ1) is 14.9. The fraction of sp³-hybridized carbons (Fsp3) is 0.476. The zero-order valence-corrected chi connectivity index (χ0v) is 18.9. The van der Waals surface area contributed by atoms with Crippen molar-refractivity contribution in [3.63, 3.8) is 0 Å². The summed E-state index contributed by atoms with van der Waals surface area (Å²) in [5.74, 6) is 0.506. The highest BCUT2D eigenvalue weighted by Gasteiger charge is 2.33. The lowest BCUT2D eigenvalue weighted by atomic mass is 9.96. The summed E-state index contributed by atoms with van der Waals surface area (Å²) in [6.45, 7) is 4.10. The number of fused-ring (bicyclic) bond motifs is 1. The smallest absolute Gasteiger partial charge is 0.309 e. The molecule has 1 aromatic heterocycles. The number of sulfonamides is 1. The number of benzene rings is 1. The molecule has 2 aliphatic heterocycles. The van der Waals surface area contributed by atoms with Crippen molar-refractivity contribution in [3.8, 4) is 0 Å². The van der Waals surface area contributed by atoms with E-state index in [4.69, 9.17) is 16.3 Å². The van der Waals surface area contributed by atoms with Crippen molar-refractivity contribution in [2.45, 2.75) is 37.6 Å². The molecule has 0 unspecified atom stereocenters. The van der Waals surface area contributed by atoms with E-state index in [2.05, 4.69) is 14.9 Å². The normalized spacial score (nSPS) is 17.9. The van der Waals surface area contributed by atoms with Crippen LogP contribution in [0, 0.1) is 5.92 Å². The monoisotopic (exact) mass is 464 g/mol. The quantitative estimate of drug-likeness (QED) is 0.628. The first-order valence-corrected chi connectivity index (χ1v) is 12.2. The van der Waals surface area contributed by atoms with Crippen LogP contribution < -0.4 is 4.90 Å². The van der Waals surface area contributed by atoms with Crippen LogP contribution in [0.1, 0.15) is 31.0 Å². The molecule has 0 saturated carbocycles. The van der Waals surface area contributed by atoms with E-state index in [1.807, 2.05) is 6.92 Å². The first kappa shape index (κ1) is 22.0. The van der Waals surface area contributed by atoms with Crippen molar-refractivity contribution in [1.29, 1.82) is 0 Å². The van der Waals surface area contributed by atoms with Crippen LogP contribution in [0.3, 0.4) is 0 Å². The molecule has 0 bridgehead atoms. The Hall–Kier alpha value is -2.23. The summed E-state index contributed by atoms with van der Waals surface area (Å²) in [5, 5.41) is 0.491. The number of nitrogens with zero attached hydrogens (tertiary/aromatic N) is 4. The third-order valence-corrected chi connectivity index (χ3v) is 7.92. The number of halogens is 1. The van der Waals surface area contributed by atoms with E-state index in [9.17, 15) is 13.2 Å². The third-order valence-electron chi connectivity index (χ3n) is 5.81. The molecule has 0 amide bonds. The van der Waals surface area contributed by atoms with Gasteiger partial charge in [-0.15, -0.1) is 0 Å². The highest BCUT2D eigenvalue weighted by molar-refractivity contribution is 7.89. The number of aromatic nitrogens is 2. The average molecular weight is 465 g/mol. The van der Waals surface area contributed by atoms with Gasteiger partial charge in [-0.3, -0.25) is 4.79 Å². The second-order valence-electron chi connectivity index (χ2n) is 7.68. The number of rotatable bonds is 5. The number of ether oxygens (including phenoxy) is 1. The van der Waals surface area contributed by atoms with Crippen LogP contribution in [0.4, 0.5) is 5.82 Å². The highest BCUT2D eigenvalue weighted by atomic mass is 35.5. The molecule has 1 fully saturated rings. The molecule has 1 aromatic carbocycles. The summed E-state index contributed by atoms with van der Waals surface area (Å²) >= 11 is 5.91. The Balaban J connectivity index is 1.54. The van der Waals surface area contributed by atoms with Crippen LogP contribution in [0.5, 0.6) is 0 Å². The second-order valence-corrected chi connectivity index (χ2v) is 10.1. The molecule has 3 heterocycles. The number of anilines is 1. The van der Waals surface area contributed by atoms with Gasteiger partial charge in [-0.05, 0) is 44.0 Å². The van der Waals surface area contributed by atoms with Gasteiger partial charge in [0.1, 0.15) is 12.1 Å². The third kappa shape index (κ3) is 4.53. The Bertz CT molecular complexity index is 1050. The van der Waals surface area contributed by atoms with Gasteiger partial charge in [0, 0.05) is 43.2 Å². The molecule has 31 heavy (non-hydrogen) atoms. The van der Waals surface area contributed by atoms with Gasteiger partial charge in [-0.25, -0.2) is 18.4 Å². The largest absolute Gasteiger partial charge is 0.466 e. The van der Waals surface area contributed by atoms with Gasteiger partial charge in [-0.2, -0.15) is 4.31 Å². The minimum atomic E-state index is -3.66. The zero-order chi connectivity index (χ0) is 22.0. The topological polar surface area (TPSA) is 92.7 Å². The lowest BCUT2D eigenvalue weighted by molar-refractivity contribution is -0.148. The van der Waals surface area contributed by atoms with Gasteiger partial charge < -0.3 is 9.64 Å². The van der Waals surface area contributed by atoms with Crippen LogP contribution in [0.15, 0.2) is 35.5 Å². The van der Waals surface area contributed by atoms with E-state index in [-0.39, 0.29) is 23.3 Å². The Morgan fingerprint density at radius 3 is 2.55 bits per heavy atom. The number of carbonyl (C=O) groups is 1. The Morgan fingerprint density at radius 1 is 1.16 bits per heavy atom. The van der Waals surface area contributed by atoms with E-state index >= 15 is 0 Å². The van der Waals surface area contributed by atoms with Gasteiger partial charge >= 0.3 is 5.97 Å². The lowest BCUT2D eigenvalue weighted by Gasteiger charge is -2.35. The molecule has 0 atom stereocenters. The summed E-state index contributed by atoms with van der Waals surface area (Å²) in [5.41, 5.74) is 1.71. The molecule has 2 aliphatic rings. The van der Waals surface area contributed by atoms with Crippen molar-refractivity contribution in [2.24, 2.45) is 5.92 Å². The summed E-state index contributed by atoms with van der Waals surface area (Å²) < 4.78 is 32.9. The van der Waals surface area contributed by atoms with Gasteiger partial charge in [0.15, 0.2) is 0 Å². The highest BCUT2D eigenvalue weighted by Crippen LogP contribution is 2.31. The standard InChI is InChI=1S/C21H25ClN4O4S/c1-2-30-21(27)15-7-10-25(11-8-15)20-18-13-26(12-9-19(18)23-14-24-20)31(28,29)17-5-3-16(22)4-6-17/h3-6,14-15H,2,7-13H2,1H3. The molecule has 0 aliphatic carbocycles. The molecule has 166 valence electrons. The Labute approximate surface area is 187 Å². The predicted octanol–water partition coefficient (Wildman–Crippen LogP) is 2.66. The molecule has 10 heteroatoms. The summed E-state index contributed by atoms with van der Waals surface area (Å²) in [6, 6.07) is 6.20. The van der Waals surface area contributed by atoms with Crippen LogP contribution in [0.25, 0.3) is 0 Å². The van der Waals surface area contributed by atoms with Gasteiger partial charge in [0.2, 0.25) is 10.0 Å². The molecule has 1 saturated heterocycles. The van der Waals surface area contributed by atoms with E-state index in [1.54, 1.807) is 12.1 Å². The lowest BCUT2D eigenvalue weighted by Crippen LogP contribution is -2.41. The molecular weight excluding hydrogens is 440 g/mol. The maximum absolute atomic E-state index is 13.2. The fourth-order valence-electron chi connectivity index (χ4n) is 4.12. The second kappa shape index (κ2) is 9.10. The molecule has 2 aromatic rings. The number of hydrogen-bond acceptors (Lipinski definition) is 7. The maximum Gasteiger partial charge on any atom is 0.309 e. The minimum absolute atomic E-state index is 0.101. The van der Waals surface area contributed by atoms with Gasteiger partial charge in [0.25, 0.3) is 0 Å². The maximum atomic E-state index is 13.2. The average Bonchev–Trinajstić information content (AvgIpc) is 2.79. The summed E-state index contributed by atoms with van der Waals surface area (Å²) in [4.78, 5) is 23.2. The molecular formula is C21H25ClN4O4S. The first-order valence-electron chi connectivity index (χ1n) is 10.4. The van der Waals surface area contributed by atoms with Crippen molar-refractivity contribution >= 4 is 33.4 Å². The molecule has 4 rings (SSSR count). The minimum Gasteiger partial charge on any atom is -0.466 e. The van der Waals surface area contributed by atoms with Crippen LogP contribution >= 0.6 is 11.6 Å². The summed E-state index contributed by atoms with van der Waals surface area (Å²) in [7, 11) is -3.66. The van der Waals surface area contributed by atoms with Gasteiger partial charge in [0.05, 0.1) is 23.1 Å². The van der Waals surface area contributed by atoms with Crippen molar-refractivity contribution < 1.29 is 17.9 Å². The predicted molar refractivity (Wildman–Crippen MR) is 116 cm³/mol. The number of esters is 1. The van der Waals surface area contributed by atoms with Gasteiger partial charge in [-0.1, -0.05) is 11.6 Å². The van der Waals surface area contributed by atoms with E-state index in [0.29, 0.717) is 50.5 Å². The summed E-state index contributed by atoms with van der Waals surface area (Å²) in [6.07, 6.45) is 3.43. The van der Waals surface area contributed by atoms with E-state index < -0.39 is 10.0 Å². The Kier molecular flexibility index (Phi) is 6.45. The van der Waals surface area contributed by atoms with Crippen molar-refractivity contribution in [3.05, 3.63) is 46.9 Å². The van der Waals surface area contributed by atoms with Crippen LogP contribution in [0.2, 0.25) is 5.02 Å². The molecule has 0 N–H and O–H groups in total. The molecule has 0 radical (unpaired) electrons.